The summed E-state index contributed by atoms with van der Waals surface area (Å²) in [7, 11) is -4.08. The molecule has 7 nitrogen and oxygen atoms in total. The normalized spacial score (nSPS) is 16.3. The molecule has 3 aromatic rings. The van der Waals surface area contributed by atoms with Gasteiger partial charge in [0.25, 0.3) is 5.56 Å². The van der Waals surface area contributed by atoms with E-state index >= 15 is 0 Å². The lowest BCUT2D eigenvalue weighted by Crippen LogP contribution is -2.52. The molecule has 0 radical (unpaired) electrons. The lowest BCUT2D eigenvalue weighted by molar-refractivity contribution is -0.125. The van der Waals surface area contributed by atoms with Crippen molar-refractivity contribution >= 4 is 15.9 Å². The van der Waals surface area contributed by atoms with E-state index in [9.17, 15) is 22.4 Å². The van der Waals surface area contributed by atoms with E-state index in [1.54, 1.807) is 13.8 Å². The van der Waals surface area contributed by atoms with Crippen molar-refractivity contribution in [2.75, 3.05) is 0 Å². The highest BCUT2D eigenvalue weighted by atomic mass is 32.2. The monoisotopic (exact) mass is 469 g/mol. The minimum absolute atomic E-state index is 0.0120. The summed E-state index contributed by atoms with van der Waals surface area (Å²) < 4.78 is 41.3. The average molecular weight is 470 g/mol. The van der Waals surface area contributed by atoms with Gasteiger partial charge in [0.15, 0.2) is 0 Å². The van der Waals surface area contributed by atoms with Crippen LogP contribution in [0.25, 0.3) is 0 Å². The number of H-pyrrole nitrogens is 1. The smallest absolute Gasteiger partial charge is 0.253 e. The number of hydrogen-bond acceptors (Lipinski definition) is 4. The van der Waals surface area contributed by atoms with E-state index in [1.807, 2.05) is 30.3 Å². The highest BCUT2D eigenvalue weighted by Gasteiger charge is 2.39. The van der Waals surface area contributed by atoms with Gasteiger partial charge in [-0.15, -0.1) is 0 Å². The maximum atomic E-state index is 13.4. The van der Waals surface area contributed by atoms with Crippen LogP contribution in [-0.4, -0.2) is 29.7 Å². The van der Waals surface area contributed by atoms with Crippen LogP contribution in [0.1, 0.15) is 27.9 Å². The van der Waals surface area contributed by atoms with Crippen molar-refractivity contribution in [3.05, 3.63) is 98.7 Å². The third-order valence-electron chi connectivity index (χ3n) is 5.86. The number of sulfonamides is 1. The van der Waals surface area contributed by atoms with E-state index < -0.39 is 27.8 Å². The number of fused-ring (bicyclic) bond motifs is 1. The maximum absolute atomic E-state index is 13.4. The molecule has 1 aliphatic heterocycles. The van der Waals surface area contributed by atoms with Crippen molar-refractivity contribution in [1.82, 2.24) is 14.6 Å². The van der Waals surface area contributed by atoms with E-state index in [-0.39, 0.29) is 30.0 Å². The zero-order valence-electron chi connectivity index (χ0n) is 18.3. The summed E-state index contributed by atoms with van der Waals surface area (Å²) in [5, 5.41) is 2.74. The molecule has 1 aromatic heterocycles. The second-order valence-corrected chi connectivity index (χ2v) is 10.0. The van der Waals surface area contributed by atoms with Gasteiger partial charge in [0.05, 0.1) is 4.90 Å². The fourth-order valence-corrected chi connectivity index (χ4v) is 5.68. The van der Waals surface area contributed by atoms with Gasteiger partial charge in [-0.1, -0.05) is 24.3 Å². The molecular weight excluding hydrogens is 445 g/mol. The minimum Gasteiger partial charge on any atom is -0.350 e. The van der Waals surface area contributed by atoms with Crippen LogP contribution in [-0.2, 0) is 34.3 Å². The lowest BCUT2D eigenvalue weighted by atomic mass is 9.95. The molecule has 1 aliphatic rings. The zero-order valence-corrected chi connectivity index (χ0v) is 19.1. The molecule has 33 heavy (non-hydrogen) atoms. The molecule has 0 saturated carbocycles. The summed E-state index contributed by atoms with van der Waals surface area (Å²) in [4.78, 5) is 28.1. The summed E-state index contributed by atoms with van der Waals surface area (Å²) in [6.07, 6.45) is 0.186. The number of aryl methyl sites for hydroxylation is 2. The van der Waals surface area contributed by atoms with Crippen LogP contribution in [0.4, 0.5) is 4.39 Å². The Bertz CT molecular complexity index is 1370. The van der Waals surface area contributed by atoms with Crippen LogP contribution in [0.15, 0.2) is 64.3 Å². The first-order chi connectivity index (χ1) is 15.7. The molecular formula is C24H24FN3O4S. The first-order valence-electron chi connectivity index (χ1n) is 10.5. The van der Waals surface area contributed by atoms with E-state index in [1.165, 1.54) is 12.1 Å². The van der Waals surface area contributed by atoms with Gasteiger partial charge in [-0.25, -0.2) is 12.8 Å². The average Bonchev–Trinajstić information content (AvgIpc) is 2.77. The second kappa shape index (κ2) is 8.92. The Morgan fingerprint density at radius 3 is 2.45 bits per heavy atom. The van der Waals surface area contributed by atoms with Crippen LogP contribution < -0.4 is 10.9 Å². The van der Waals surface area contributed by atoms with E-state index in [2.05, 4.69) is 10.3 Å². The highest BCUT2D eigenvalue weighted by Crippen LogP contribution is 2.29. The minimum atomic E-state index is -4.08. The lowest BCUT2D eigenvalue weighted by Gasteiger charge is -2.35. The van der Waals surface area contributed by atoms with E-state index in [0.29, 0.717) is 11.3 Å². The summed E-state index contributed by atoms with van der Waals surface area (Å²) in [6, 6.07) is 12.7. The number of rotatable bonds is 5. The Labute approximate surface area is 191 Å². The maximum Gasteiger partial charge on any atom is 0.253 e. The Kier molecular flexibility index (Phi) is 6.18. The van der Waals surface area contributed by atoms with Gasteiger partial charge in [-0.2, -0.15) is 4.31 Å². The van der Waals surface area contributed by atoms with Crippen molar-refractivity contribution < 1.29 is 17.6 Å². The predicted molar refractivity (Wildman–Crippen MR) is 121 cm³/mol. The van der Waals surface area contributed by atoms with E-state index in [4.69, 9.17) is 0 Å². The van der Waals surface area contributed by atoms with Gasteiger partial charge in [0, 0.05) is 24.3 Å². The van der Waals surface area contributed by atoms with Gasteiger partial charge >= 0.3 is 0 Å². The third-order valence-corrected chi connectivity index (χ3v) is 7.73. The Balaban J connectivity index is 1.66. The van der Waals surface area contributed by atoms with Gasteiger partial charge in [0.2, 0.25) is 15.9 Å². The van der Waals surface area contributed by atoms with Crippen molar-refractivity contribution in [3.63, 3.8) is 0 Å². The molecule has 2 heterocycles. The number of benzene rings is 2. The topological polar surface area (TPSA) is 99.3 Å². The number of nitrogens with one attached hydrogen (secondary N) is 2. The molecule has 0 saturated heterocycles. The fourth-order valence-electron chi connectivity index (χ4n) is 4.11. The highest BCUT2D eigenvalue weighted by molar-refractivity contribution is 7.89. The first kappa shape index (κ1) is 22.9. The van der Waals surface area contributed by atoms with Gasteiger partial charge < -0.3 is 10.3 Å². The summed E-state index contributed by atoms with van der Waals surface area (Å²) in [6.45, 7) is 3.54. The number of amides is 1. The number of aromatic nitrogens is 1. The molecule has 9 heteroatoms. The number of hydrogen-bond donors (Lipinski definition) is 2. The third kappa shape index (κ3) is 4.60. The molecule has 0 unspecified atom stereocenters. The molecule has 1 amide bonds. The molecule has 2 aromatic carbocycles. The molecule has 0 spiro atoms. The van der Waals surface area contributed by atoms with Crippen LogP contribution >= 0.6 is 0 Å². The number of carbonyl (C=O) groups excluding carboxylic acids is 1. The van der Waals surface area contributed by atoms with Crippen LogP contribution in [0.5, 0.6) is 0 Å². The molecule has 0 aliphatic carbocycles. The largest absolute Gasteiger partial charge is 0.350 e. The zero-order chi connectivity index (χ0) is 23.8. The number of nitrogens with zero attached hydrogens (tertiary/aromatic N) is 1. The van der Waals surface area contributed by atoms with Crippen molar-refractivity contribution in [2.45, 2.75) is 44.3 Å². The van der Waals surface area contributed by atoms with Gasteiger partial charge in [-0.05, 0) is 67.3 Å². The SMILES string of the molecule is Cc1cc(C)c(CNC(=O)[C@H]2Cc3ccccc3CN2S(=O)(=O)c2ccc(F)cc2)c(=O)[nH]1. The van der Waals surface area contributed by atoms with Crippen molar-refractivity contribution in [2.24, 2.45) is 0 Å². The molecule has 172 valence electrons. The van der Waals surface area contributed by atoms with E-state index in [0.717, 1.165) is 33.1 Å². The first-order valence-corrected chi connectivity index (χ1v) is 11.9. The molecule has 1 atom stereocenters. The molecule has 4 rings (SSSR count). The van der Waals surface area contributed by atoms with Gasteiger partial charge in [-0.3, -0.25) is 9.59 Å². The van der Waals surface area contributed by atoms with Crippen molar-refractivity contribution in [3.8, 4) is 0 Å². The second-order valence-electron chi connectivity index (χ2n) is 8.15. The summed E-state index contributed by atoms with van der Waals surface area (Å²) in [5.41, 5.74) is 3.26. The Hall–Kier alpha value is -3.30. The number of carbonyl (C=O) groups is 1. The van der Waals surface area contributed by atoms with Gasteiger partial charge in [0.1, 0.15) is 11.9 Å². The van der Waals surface area contributed by atoms with Crippen LogP contribution in [0.2, 0.25) is 0 Å². The van der Waals surface area contributed by atoms with Crippen molar-refractivity contribution in [1.29, 1.82) is 0 Å². The summed E-state index contributed by atoms with van der Waals surface area (Å²) >= 11 is 0. The van der Waals surface area contributed by atoms with Crippen LogP contribution in [0, 0.1) is 19.7 Å². The quantitative estimate of drug-likeness (QED) is 0.600. The molecule has 2 N–H and O–H groups in total. The molecule has 0 bridgehead atoms. The summed E-state index contributed by atoms with van der Waals surface area (Å²) in [5.74, 6) is -1.06. The number of pyridine rings is 1. The van der Waals surface area contributed by atoms with Crippen LogP contribution in [0.3, 0.4) is 0 Å². The Morgan fingerprint density at radius 2 is 1.79 bits per heavy atom. The number of halogens is 1. The Morgan fingerprint density at radius 1 is 1.12 bits per heavy atom. The molecule has 0 fully saturated rings. The number of aromatic amines is 1. The standard InChI is InChI=1S/C24H24FN3O4S/c1-15-11-16(2)27-23(29)21(15)13-26-24(30)22-12-17-5-3-4-6-18(17)14-28(22)33(31,32)20-9-7-19(25)8-10-20/h3-11,22H,12-14H2,1-2H3,(H,26,30)(H,27,29)/t22-/m1/s1. The fraction of sp³-hybridized carbons (Fsp3) is 0.250. The predicted octanol–water partition coefficient (Wildman–Crippen LogP) is 2.56.